The highest BCUT2D eigenvalue weighted by molar-refractivity contribution is 6.33. The van der Waals surface area contributed by atoms with Crippen molar-refractivity contribution in [2.75, 3.05) is 13.2 Å². The van der Waals surface area contributed by atoms with Crippen LogP contribution in [0.2, 0.25) is 5.02 Å². The molecule has 150 valence electrons. The number of amides is 1. The van der Waals surface area contributed by atoms with Gasteiger partial charge in [-0.25, -0.2) is 4.98 Å². The van der Waals surface area contributed by atoms with Gasteiger partial charge in [-0.2, -0.15) is 0 Å². The van der Waals surface area contributed by atoms with Crippen LogP contribution >= 0.6 is 11.6 Å². The van der Waals surface area contributed by atoms with Gasteiger partial charge in [0, 0.05) is 48.8 Å². The van der Waals surface area contributed by atoms with Crippen molar-refractivity contribution >= 4 is 23.2 Å². The Morgan fingerprint density at radius 2 is 2.07 bits per heavy atom. The lowest BCUT2D eigenvalue weighted by Gasteiger charge is -2.22. The minimum Gasteiger partial charge on any atom is -0.381 e. The van der Waals surface area contributed by atoms with E-state index in [1.807, 2.05) is 18.2 Å². The Morgan fingerprint density at radius 1 is 1.31 bits per heavy atom. The van der Waals surface area contributed by atoms with Crippen LogP contribution in [0.5, 0.6) is 0 Å². The molecular formula is C21H21ClN4O3. The lowest BCUT2D eigenvalue weighted by Crippen LogP contribution is -2.39. The highest BCUT2D eigenvalue weighted by Gasteiger charge is 2.21. The van der Waals surface area contributed by atoms with Gasteiger partial charge in [-0.05, 0) is 18.9 Å². The van der Waals surface area contributed by atoms with Crippen LogP contribution < -0.4 is 10.9 Å². The predicted octanol–water partition coefficient (Wildman–Crippen LogP) is 2.91. The number of ether oxygens (including phenoxy) is 1. The average Bonchev–Trinajstić information content (AvgIpc) is 3.16. The average molecular weight is 413 g/mol. The molecule has 0 saturated carbocycles. The standard InChI is InChI=1S/C21H21ClN4O3/c1-2-9-26-18(15-5-3-4-6-16(15)22)13-25-12-17(24-19(25)21(26)28)20(27)23-14-7-10-29-11-8-14/h2-6,12-14H,1,7-11H2,(H,23,27). The summed E-state index contributed by atoms with van der Waals surface area (Å²) in [6.07, 6.45) is 6.51. The predicted molar refractivity (Wildman–Crippen MR) is 111 cm³/mol. The number of carbonyl (C=O) groups excluding carboxylic acids is 1. The molecule has 1 fully saturated rings. The van der Waals surface area contributed by atoms with Crippen molar-refractivity contribution in [3.8, 4) is 11.3 Å². The molecule has 1 aliphatic rings. The maximum absolute atomic E-state index is 13.1. The Morgan fingerprint density at radius 3 is 2.79 bits per heavy atom. The highest BCUT2D eigenvalue weighted by Crippen LogP contribution is 2.27. The van der Waals surface area contributed by atoms with E-state index in [9.17, 15) is 9.59 Å². The van der Waals surface area contributed by atoms with Gasteiger partial charge in [-0.3, -0.25) is 18.6 Å². The van der Waals surface area contributed by atoms with Crippen LogP contribution in [-0.4, -0.2) is 39.1 Å². The molecule has 0 unspecified atom stereocenters. The van der Waals surface area contributed by atoms with Gasteiger partial charge in [0.2, 0.25) is 5.65 Å². The third kappa shape index (κ3) is 3.83. The number of rotatable bonds is 5. The van der Waals surface area contributed by atoms with Crippen LogP contribution in [0.25, 0.3) is 16.9 Å². The van der Waals surface area contributed by atoms with Gasteiger partial charge in [-0.1, -0.05) is 35.9 Å². The minimum atomic E-state index is -0.313. The lowest BCUT2D eigenvalue weighted by atomic mass is 10.1. The Bertz CT molecular complexity index is 1130. The number of halogens is 1. The van der Waals surface area contributed by atoms with Crippen molar-refractivity contribution in [2.45, 2.75) is 25.4 Å². The smallest absolute Gasteiger partial charge is 0.295 e. The number of fused-ring (bicyclic) bond motifs is 1. The van der Waals surface area contributed by atoms with E-state index in [-0.39, 0.29) is 28.8 Å². The van der Waals surface area contributed by atoms with Crippen LogP contribution in [0.15, 0.2) is 54.1 Å². The van der Waals surface area contributed by atoms with E-state index < -0.39 is 0 Å². The van der Waals surface area contributed by atoms with Gasteiger partial charge in [0.25, 0.3) is 11.5 Å². The summed E-state index contributed by atoms with van der Waals surface area (Å²) in [5, 5.41) is 3.50. The van der Waals surface area contributed by atoms with E-state index in [0.717, 1.165) is 18.4 Å². The quantitative estimate of drug-likeness (QED) is 0.653. The zero-order valence-corrected chi connectivity index (χ0v) is 16.6. The summed E-state index contributed by atoms with van der Waals surface area (Å²) in [5.41, 5.74) is 1.42. The van der Waals surface area contributed by atoms with E-state index in [1.165, 1.54) is 0 Å². The Kier molecular flexibility index (Phi) is 5.51. The largest absolute Gasteiger partial charge is 0.381 e. The first-order valence-electron chi connectivity index (χ1n) is 9.45. The second kappa shape index (κ2) is 8.23. The van der Waals surface area contributed by atoms with Crippen molar-refractivity contribution in [1.82, 2.24) is 19.3 Å². The summed E-state index contributed by atoms with van der Waals surface area (Å²) in [6.45, 7) is 5.29. The molecule has 1 amide bonds. The Hall–Kier alpha value is -2.90. The second-order valence-electron chi connectivity index (χ2n) is 6.92. The summed E-state index contributed by atoms with van der Waals surface area (Å²) in [6, 6.07) is 7.35. The molecule has 3 aromatic rings. The molecule has 3 heterocycles. The molecule has 0 atom stereocenters. The number of carbonyl (C=O) groups is 1. The molecule has 0 spiro atoms. The first kappa shape index (κ1) is 19.4. The molecule has 4 rings (SSSR count). The fourth-order valence-electron chi connectivity index (χ4n) is 3.49. The molecule has 29 heavy (non-hydrogen) atoms. The van der Waals surface area contributed by atoms with Crippen molar-refractivity contribution < 1.29 is 9.53 Å². The summed E-state index contributed by atoms with van der Waals surface area (Å²) in [7, 11) is 0. The molecule has 2 aromatic heterocycles. The summed E-state index contributed by atoms with van der Waals surface area (Å²) in [4.78, 5) is 30.0. The molecule has 8 heteroatoms. The number of nitrogens with zero attached hydrogens (tertiary/aromatic N) is 3. The highest BCUT2D eigenvalue weighted by atomic mass is 35.5. The molecule has 1 N–H and O–H groups in total. The van der Waals surface area contributed by atoms with Gasteiger partial charge in [0.05, 0.1) is 5.69 Å². The minimum absolute atomic E-state index is 0.0529. The molecule has 1 aromatic carbocycles. The summed E-state index contributed by atoms with van der Waals surface area (Å²) >= 11 is 6.36. The number of hydrogen-bond acceptors (Lipinski definition) is 4. The molecular weight excluding hydrogens is 392 g/mol. The first-order chi connectivity index (χ1) is 14.1. The van der Waals surface area contributed by atoms with Gasteiger partial charge in [-0.15, -0.1) is 6.58 Å². The van der Waals surface area contributed by atoms with Crippen LogP contribution in [0.4, 0.5) is 0 Å². The molecule has 0 aliphatic carbocycles. The SMILES string of the molecule is C=CCn1c(-c2ccccc2Cl)cn2cc(C(=O)NC3CCOCC3)nc2c1=O. The van der Waals surface area contributed by atoms with Crippen LogP contribution in [0.1, 0.15) is 23.3 Å². The van der Waals surface area contributed by atoms with Gasteiger partial charge >= 0.3 is 0 Å². The number of imidazole rings is 1. The summed E-state index contributed by atoms with van der Waals surface area (Å²) < 4.78 is 8.45. The van der Waals surface area contributed by atoms with E-state index in [0.29, 0.717) is 30.5 Å². The zero-order chi connectivity index (χ0) is 20.4. The monoisotopic (exact) mass is 412 g/mol. The number of benzene rings is 1. The van der Waals surface area contributed by atoms with Crippen LogP contribution in [0.3, 0.4) is 0 Å². The first-order valence-corrected chi connectivity index (χ1v) is 9.83. The number of nitrogens with one attached hydrogen (secondary N) is 1. The molecule has 7 nitrogen and oxygen atoms in total. The van der Waals surface area contributed by atoms with Crippen molar-refractivity contribution in [1.29, 1.82) is 0 Å². The van der Waals surface area contributed by atoms with Crippen LogP contribution in [0, 0.1) is 0 Å². The number of hydrogen-bond donors (Lipinski definition) is 1. The number of aromatic nitrogens is 3. The molecule has 1 saturated heterocycles. The van der Waals surface area contributed by atoms with Gasteiger partial charge in [0.1, 0.15) is 5.69 Å². The fraction of sp³-hybridized carbons (Fsp3) is 0.286. The fourth-order valence-corrected chi connectivity index (χ4v) is 3.72. The Labute approximate surface area is 172 Å². The van der Waals surface area contributed by atoms with E-state index in [2.05, 4.69) is 16.9 Å². The normalized spacial score (nSPS) is 14.8. The third-order valence-electron chi connectivity index (χ3n) is 4.97. The number of allylic oxidation sites excluding steroid dienone is 1. The van der Waals surface area contributed by atoms with E-state index in [4.69, 9.17) is 16.3 Å². The summed E-state index contributed by atoms with van der Waals surface area (Å²) in [5.74, 6) is -0.297. The zero-order valence-electron chi connectivity index (χ0n) is 15.8. The molecule has 1 aliphatic heterocycles. The third-order valence-corrected chi connectivity index (χ3v) is 5.30. The molecule has 0 bridgehead atoms. The van der Waals surface area contributed by atoms with Crippen molar-refractivity contribution in [3.05, 3.63) is 70.4 Å². The lowest BCUT2D eigenvalue weighted by molar-refractivity contribution is 0.0694. The van der Waals surface area contributed by atoms with E-state index in [1.54, 1.807) is 33.5 Å². The maximum atomic E-state index is 13.1. The Balaban J connectivity index is 1.77. The van der Waals surface area contributed by atoms with E-state index >= 15 is 0 Å². The topological polar surface area (TPSA) is 77.6 Å². The maximum Gasteiger partial charge on any atom is 0.295 e. The van der Waals surface area contributed by atoms with Gasteiger partial charge < -0.3 is 10.1 Å². The van der Waals surface area contributed by atoms with Gasteiger partial charge in [0.15, 0.2) is 0 Å². The molecule has 0 radical (unpaired) electrons. The second-order valence-corrected chi connectivity index (χ2v) is 7.32. The van der Waals surface area contributed by atoms with Crippen molar-refractivity contribution in [3.63, 3.8) is 0 Å². The van der Waals surface area contributed by atoms with Crippen LogP contribution in [-0.2, 0) is 11.3 Å². The van der Waals surface area contributed by atoms with Crippen molar-refractivity contribution in [2.24, 2.45) is 0 Å².